The fourth-order valence-corrected chi connectivity index (χ4v) is 5.61. The highest BCUT2D eigenvalue weighted by Crippen LogP contribution is 2.33. The lowest BCUT2D eigenvalue weighted by Crippen LogP contribution is -2.48. The predicted octanol–water partition coefficient (Wildman–Crippen LogP) is 2.78. The molecule has 3 aliphatic rings. The number of fused-ring (bicyclic) bond motifs is 1. The lowest BCUT2D eigenvalue weighted by Gasteiger charge is -2.34. The van der Waals surface area contributed by atoms with Gasteiger partial charge in [0.25, 0.3) is 5.91 Å². The molecule has 184 valence electrons. The Hall–Kier alpha value is -3.29. The number of rotatable bonds is 5. The molecule has 0 atom stereocenters. The van der Waals surface area contributed by atoms with E-state index in [1.165, 1.54) is 16.9 Å². The van der Waals surface area contributed by atoms with E-state index in [-0.39, 0.29) is 31.3 Å². The van der Waals surface area contributed by atoms with Crippen molar-refractivity contribution in [1.29, 1.82) is 0 Å². The zero-order chi connectivity index (χ0) is 24.2. The smallest absolute Gasteiger partial charge is 0.410 e. The highest BCUT2D eigenvalue weighted by atomic mass is 32.1. The van der Waals surface area contributed by atoms with Crippen molar-refractivity contribution in [1.82, 2.24) is 19.7 Å². The molecule has 5 rings (SSSR count). The highest BCUT2D eigenvalue weighted by Gasteiger charge is 2.29. The van der Waals surface area contributed by atoms with Gasteiger partial charge in [-0.1, -0.05) is 12.0 Å². The van der Waals surface area contributed by atoms with Crippen LogP contribution < -0.4 is 9.47 Å². The van der Waals surface area contributed by atoms with E-state index in [0.717, 1.165) is 49.0 Å². The van der Waals surface area contributed by atoms with Gasteiger partial charge in [-0.2, -0.15) is 0 Å². The van der Waals surface area contributed by atoms with Gasteiger partial charge < -0.3 is 24.0 Å². The lowest BCUT2D eigenvalue weighted by molar-refractivity contribution is 0.0623. The molecule has 4 heterocycles. The third-order valence-electron chi connectivity index (χ3n) is 6.63. The fourth-order valence-electron chi connectivity index (χ4n) is 4.65. The fraction of sp³-hybridized carbons (Fsp3) is 0.480. The van der Waals surface area contributed by atoms with Crippen LogP contribution in [0, 0.1) is 12.3 Å². The molecule has 35 heavy (non-hydrogen) atoms. The summed E-state index contributed by atoms with van der Waals surface area (Å²) in [5.74, 6) is 4.13. The van der Waals surface area contributed by atoms with Crippen LogP contribution in [0.2, 0.25) is 0 Å². The minimum atomic E-state index is -0.367. The molecule has 2 fully saturated rings. The molecular weight excluding hydrogens is 468 g/mol. The Morgan fingerprint density at radius 1 is 1.09 bits per heavy atom. The highest BCUT2D eigenvalue weighted by molar-refractivity contribution is 7.09. The third-order valence-corrected chi connectivity index (χ3v) is 7.63. The first-order chi connectivity index (χ1) is 17.1. The van der Waals surface area contributed by atoms with Crippen LogP contribution in [0.3, 0.4) is 0 Å². The van der Waals surface area contributed by atoms with Crippen molar-refractivity contribution in [2.24, 2.45) is 0 Å². The number of piperidine rings is 1. The number of likely N-dealkylation sites (tertiary alicyclic amines) is 1. The number of ether oxygens (including phenoxy) is 3. The Labute approximate surface area is 208 Å². The van der Waals surface area contributed by atoms with Crippen LogP contribution in [-0.4, -0.2) is 84.4 Å². The maximum Gasteiger partial charge on any atom is 0.410 e. The number of thiazole rings is 1. The number of amides is 2. The first-order valence-corrected chi connectivity index (χ1v) is 12.7. The summed E-state index contributed by atoms with van der Waals surface area (Å²) in [5, 5.41) is 2.83. The van der Waals surface area contributed by atoms with Gasteiger partial charge in [-0.05, 0) is 30.5 Å². The largest absolute Gasteiger partial charge is 0.454 e. The molecule has 0 bridgehead atoms. The van der Waals surface area contributed by atoms with Gasteiger partial charge in [0, 0.05) is 57.1 Å². The monoisotopic (exact) mass is 496 g/mol. The van der Waals surface area contributed by atoms with Gasteiger partial charge in [0.1, 0.15) is 5.69 Å². The van der Waals surface area contributed by atoms with Crippen molar-refractivity contribution < 1.29 is 23.8 Å². The second-order valence-corrected chi connectivity index (χ2v) is 9.74. The molecule has 1 aromatic heterocycles. The molecule has 2 saturated heterocycles. The maximum absolute atomic E-state index is 13.1. The summed E-state index contributed by atoms with van der Waals surface area (Å²) in [6, 6.07) is 6.04. The van der Waals surface area contributed by atoms with Crippen molar-refractivity contribution in [3.05, 3.63) is 39.8 Å². The van der Waals surface area contributed by atoms with Crippen LogP contribution in [0.15, 0.2) is 23.6 Å². The van der Waals surface area contributed by atoms with Crippen molar-refractivity contribution >= 4 is 23.3 Å². The van der Waals surface area contributed by atoms with E-state index in [4.69, 9.17) is 20.6 Å². The molecule has 10 heteroatoms. The van der Waals surface area contributed by atoms with Gasteiger partial charge in [0.05, 0.1) is 5.01 Å². The minimum Gasteiger partial charge on any atom is -0.454 e. The number of terminal acetylenes is 1. The first-order valence-electron chi connectivity index (χ1n) is 11.8. The molecule has 0 aliphatic carbocycles. The average molecular weight is 497 g/mol. The molecule has 0 spiro atoms. The van der Waals surface area contributed by atoms with Crippen LogP contribution in [0.4, 0.5) is 4.79 Å². The van der Waals surface area contributed by atoms with Crippen LogP contribution in [0.5, 0.6) is 11.5 Å². The topological polar surface area (TPSA) is 84.4 Å². The molecule has 0 saturated carbocycles. The standard InChI is InChI=1S/C25H28N4O5S/c1-2-13-32-25(31)29-7-5-19(6-8-29)23-26-20(16-35-23)24(30)28-11-9-27(10-12-28)15-18-3-4-21-22(14-18)34-17-33-21/h1,3-4,14,16,19H,5-13,15,17H2. The van der Waals surface area contributed by atoms with Gasteiger partial charge in [0.15, 0.2) is 18.1 Å². The summed E-state index contributed by atoms with van der Waals surface area (Å²) in [5.41, 5.74) is 1.69. The van der Waals surface area contributed by atoms with Crippen molar-refractivity contribution in [2.75, 3.05) is 52.7 Å². The molecule has 3 aliphatic heterocycles. The van der Waals surface area contributed by atoms with Gasteiger partial charge >= 0.3 is 6.09 Å². The maximum atomic E-state index is 13.1. The van der Waals surface area contributed by atoms with Gasteiger partial charge in [-0.15, -0.1) is 17.8 Å². The van der Waals surface area contributed by atoms with Crippen molar-refractivity contribution in [3.63, 3.8) is 0 Å². The molecule has 2 amide bonds. The number of carbonyl (C=O) groups is 2. The summed E-state index contributed by atoms with van der Waals surface area (Å²) in [6.07, 6.45) is 6.37. The number of aromatic nitrogens is 1. The number of benzene rings is 1. The van der Waals surface area contributed by atoms with Crippen LogP contribution in [0.25, 0.3) is 0 Å². The molecule has 1 aromatic carbocycles. The van der Waals surface area contributed by atoms with Crippen LogP contribution in [0.1, 0.15) is 39.8 Å². The zero-order valence-electron chi connectivity index (χ0n) is 19.5. The minimum absolute atomic E-state index is 0.00877. The van der Waals surface area contributed by atoms with E-state index < -0.39 is 0 Å². The van der Waals surface area contributed by atoms with Gasteiger partial charge in [0.2, 0.25) is 6.79 Å². The molecule has 9 nitrogen and oxygen atoms in total. The number of hydrogen-bond donors (Lipinski definition) is 0. The summed E-state index contributed by atoms with van der Waals surface area (Å²) in [4.78, 5) is 35.6. The Morgan fingerprint density at radius 3 is 2.63 bits per heavy atom. The number of carbonyl (C=O) groups excluding carboxylic acids is 2. The average Bonchev–Trinajstić information content (AvgIpc) is 3.57. The molecule has 2 aromatic rings. The summed E-state index contributed by atoms with van der Waals surface area (Å²) in [7, 11) is 0. The van der Waals surface area contributed by atoms with E-state index in [2.05, 4.69) is 21.9 Å². The molecular formula is C25H28N4O5S. The Balaban J connectivity index is 1.10. The second kappa shape index (κ2) is 10.5. The second-order valence-electron chi connectivity index (χ2n) is 8.85. The number of nitrogens with zero attached hydrogens (tertiary/aromatic N) is 4. The summed E-state index contributed by atoms with van der Waals surface area (Å²) < 4.78 is 15.9. The third kappa shape index (κ3) is 5.36. The van der Waals surface area contributed by atoms with E-state index in [9.17, 15) is 9.59 Å². The number of piperazine rings is 1. The van der Waals surface area contributed by atoms with E-state index in [0.29, 0.717) is 31.9 Å². The number of hydrogen-bond acceptors (Lipinski definition) is 8. The lowest BCUT2D eigenvalue weighted by atomic mass is 9.98. The Morgan fingerprint density at radius 2 is 1.86 bits per heavy atom. The van der Waals surface area contributed by atoms with Gasteiger partial charge in [-0.3, -0.25) is 9.69 Å². The quantitative estimate of drug-likeness (QED) is 0.589. The molecule has 0 N–H and O–H groups in total. The van der Waals surface area contributed by atoms with Crippen LogP contribution in [-0.2, 0) is 11.3 Å². The van der Waals surface area contributed by atoms with Crippen LogP contribution >= 0.6 is 11.3 Å². The van der Waals surface area contributed by atoms with E-state index in [1.54, 1.807) is 4.90 Å². The SMILES string of the molecule is C#CCOC(=O)N1CCC(c2nc(C(=O)N3CCN(Cc4ccc5c(c4)OCO5)CC3)cs2)CC1. The molecule has 0 radical (unpaired) electrons. The van der Waals surface area contributed by atoms with Gasteiger partial charge in [-0.25, -0.2) is 9.78 Å². The Bertz CT molecular complexity index is 1110. The normalized spacial score (nSPS) is 18.4. The van der Waals surface area contributed by atoms with E-state index >= 15 is 0 Å². The predicted molar refractivity (Wildman–Crippen MR) is 130 cm³/mol. The van der Waals surface area contributed by atoms with Crippen molar-refractivity contribution in [3.8, 4) is 23.8 Å². The summed E-state index contributed by atoms with van der Waals surface area (Å²) >= 11 is 1.53. The first kappa shape index (κ1) is 23.5. The zero-order valence-corrected chi connectivity index (χ0v) is 20.3. The summed E-state index contributed by atoms with van der Waals surface area (Å²) in [6.45, 7) is 5.25. The van der Waals surface area contributed by atoms with Crippen molar-refractivity contribution in [2.45, 2.75) is 25.3 Å². The molecule has 0 unspecified atom stereocenters. The Kier molecular flexibility index (Phi) is 7.06. The van der Waals surface area contributed by atoms with E-state index in [1.807, 2.05) is 22.4 Å².